The van der Waals surface area contributed by atoms with Crippen LogP contribution in [0.5, 0.6) is 0 Å². The number of hydrogen-bond donors (Lipinski definition) is 0. The Morgan fingerprint density at radius 3 is 1.67 bits per heavy atom. The van der Waals surface area contributed by atoms with Crippen molar-refractivity contribution in [1.29, 1.82) is 0 Å². The summed E-state index contributed by atoms with van der Waals surface area (Å²) in [5.41, 5.74) is 0. The molecule has 10 heteroatoms. The van der Waals surface area contributed by atoms with Gasteiger partial charge in [0, 0.05) is 46.7 Å². The van der Waals surface area contributed by atoms with E-state index in [1.165, 1.54) is 0 Å². The molecule has 0 heterocycles. The van der Waals surface area contributed by atoms with Gasteiger partial charge in [0.1, 0.15) is 0 Å². The highest BCUT2D eigenvalue weighted by molar-refractivity contribution is 6.53. The number of carbonyl (C=O) groups is 1. The zero-order chi connectivity index (χ0) is 21.1. The van der Waals surface area contributed by atoms with E-state index in [4.69, 9.17) is 31.3 Å². The zero-order valence-corrected chi connectivity index (χ0v) is 20.1. The van der Waals surface area contributed by atoms with Crippen LogP contribution < -0.4 is 0 Å². The third-order valence-corrected chi connectivity index (χ3v) is 7.53. The summed E-state index contributed by atoms with van der Waals surface area (Å²) in [6, 6.07) is 0.832. The number of esters is 1. The van der Waals surface area contributed by atoms with Crippen molar-refractivity contribution >= 4 is 24.3 Å². The molecule has 0 aliphatic heterocycles. The van der Waals surface area contributed by atoms with E-state index in [0.29, 0.717) is 26.4 Å². The van der Waals surface area contributed by atoms with E-state index in [1.54, 1.807) is 14.2 Å². The second-order valence-corrected chi connectivity index (χ2v) is 9.70. The van der Waals surface area contributed by atoms with Gasteiger partial charge in [-0.1, -0.05) is 6.58 Å². The van der Waals surface area contributed by atoms with Gasteiger partial charge in [0.2, 0.25) is 0 Å². The Labute approximate surface area is 167 Å². The lowest BCUT2D eigenvalue weighted by Gasteiger charge is -2.26. The summed E-state index contributed by atoms with van der Waals surface area (Å²) in [6.07, 6.45) is 1.82. The summed E-state index contributed by atoms with van der Waals surface area (Å²) in [4.78, 5) is 10.8. The predicted octanol–water partition coefficient (Wildman–Crippen LogP) is 2.58. The molecule has 0 rings (SSSR count). The van der Waals surface area contributed by atoms with Crippen molar-refractivity contribution in [3.63, 3.8) is 0 Å². The molecular formula is C17H38O8Si2. The molecule has 0 spiro atoms. The van der Waals surface area contributed by atoms with Crippen LogP contribution in [0.1, 0.15) is 41.0 Å². The summed E-state index contributed by atoms with van der Waals surface area (Å²) in [5.74, 6) is -0.384. The second kappa shape index (κ2) is 18.8. The molecule has 0 saturated carbocycles. The highest BCUT2D eigenvalue weighted by Gasteiger charge is 2.44. The third kappa shape index (κ3) is 15.1. The van der Waals surface area contributed by atoms with Crippen molar-refractivity contribution in [2.75, 3.05) is 40.6 Å². The highest BCUT2D eigenvalue weighted by Crippen LogP contribution is 2.11. The van der Waals surface area contributed by atoms with Gasteiger partial charge in [-0.3, -0.25) is 0 Å². The van der Waals surface area contributed by atoms with Crippen LogP contribution in [0, 0.1) is 0 Å². The average molecular weight is 427 g/mol. The topological polar surface area (TPSA) is 81.7 Å². The van der Waals surface area contributed by atoms with E-state index >= 15 is 0 Å². The van der Waals surface area contributed by atoms with Gasteiger partial charge in [-0.15, -0.1) is 0 Å². The molecule has 0 aromatic rings. The van der Waals surface area contributed by atoms with Gasteiger partial charge in [0.05, 0.1) is 6.10 Å². The standard InChI is InChI=1S/C9H18O4Si.C8H20O4Si/c1-5-9(10)13-8(2)6-7-14(11-3)12-4;1-5-9-13(10-6-2,11-7-3)12-8-4/h5,8,14H,1,6-7H2,2-4H3;5-8H2,1-4H3. The fourth-order valence-electron chi connectivity index (χ4n) is 1.97. The summed E-state index contributed by atoms with van der Waals surface area (Å²) in [6.45, 7) is 15.0. The Balaban J connectivity index is 0. The normalized spacial score (nSPS) is 12.3. The molecule has 162 valence electrons. The molecule has 27 heavy (non-hydrogen) atoms. The molecule has 0 radical (unpaired) electrons. The first-order valence-electron chi connectivity index (χ1n) is 9.32. The minimum Gasteiger partial charge on any atom is -0.460 e. The van der Waals surface area contributed by atoms with Gasteiger partial charge < -0.3 is 31.3 Å². The maximum Gasteiger partial charge on any atom is 0.679 e. The SMILES string of the molecule is C=CC(=O)OC(C)CC[SiH](OC)OC.CCO[Si](OCC)(OCC)OCC. The Morgan fingerprint density at radius 2 is 1.37 bits per heavy atom. The average Bonchev–Trinajstić information content (AvgIpc) is 2.64. The van der Waals surface area contributed by atoms with Gasteiger partial charge in [-0.05, 0) is 47.1 Å². The van der Waals surface area contributed by atoms with Crippen LogP contribution in [0.2, 0.25) is 6.04 Å². The van der Waals surface area contributed by atoms with E-state index in [0.717, 1.165) is 18.5 Å². The first-order valence-corrected chi connectivity index (χ1v) is 12.7. The van der Waals surface area contributed by atoms with Gasteiger partial charge in [0.25, 0.3) is 0 Å². The van der Waals surface area contributed by atoms with Crippen molar-refractivity contribution in [3.05, 3.63) is 12.7 Å². The van der Waals surface area contributed by atoms with E-state index in [2.05, 4.69) is 6.58 Å². The van der Waals surface area contributed by atoms with E-state index in [-0.39, 0.29) is 12.1 Å². The number of carbonyl (C=O) groups excluding carboxylic acids is 1. The zero-order valence-electron chi connectivity index (χ0n) is 17.9. The molecule has 0 aromatic carbocycles. The molecule has 8 nitrogen and oxygen atoms in total. The molecule has 1 atom stereocenters. The lowest BCUT2D eigenvalue weighted by atomic mass is 10.3. The van der Waals surface area contributed by atoms with E-state index < -0.39 is 18.3 Å². The minimum atomic E-state index is -2.80. The summed E-state index contributed by atoms with van der Waals surface area (Å²) >= 11 is 0. The molecule has 0 aromatic heterocycles. The summed E-state index contributed by atoms with van der Waals surface area (Å²) in [5, 5.41) is 0. The summed E-state index contributed by atoms with van der Waals surface area (Å²) < 4.78 is 37.0. The first kappa shape index (κ1) is 28.6. The monoisotopic (exact) mass is 426 g/mol. The van der Waals surface area contributed by atoms with Crippen molar-refractivity contribution in [2.45, 2.75) is 53.2 Å². The maximum atomic E-state index is 10.8. The predicted molar refractivity (Wildman–Crippen MR) is 109 cm³/mol. The largest absolute Gasteiger partial charge is 0.679 e. The lowest BCUT2D eigenvalue weighted by Crippen LogP contribution is -2.49. The van der Waals surface area contributed by atoms with Gasteiger partial charge in [0.15, 0.2) is 0 Å². The third-order valence-electron chi connectivity index (χ3n) is 3.10. The van der Waals surface area contributed by atoms with Crippen LogP contribution in [-0.2, 0) is 36.1 Å². The molecule has 0 aliphatic rings. The van der Waals surface area contributed by atoms with Crippen molar-refractivity contribution in [1.82, 2.24) is 0 Å². The van der Waals surface area contributed by atoms with Gasteiger partial charge in [-0.2, -0.15) is 0 Å². The Bertz CT molecular complexity index is 337. The molecule has 0 bridgehead atoms. The van der Waals surface area contributed by atoms with Crippen molar-refractivity contribution in [2.24, 2.45) is 0 Å². The van der Waals surface area contributed by atoms with Crippen LogP contribution in [-0.4, -0.2) is 71.1 Å². The Morgan fingerprint density at radius 1 is 0.963 bits per heavy atom. The van der Waals surface area contributed by atoms with Crippen LogP contribution in [0.25, 0.3) is 0 Å². The van der Waals surface area contributed by atoms with Crippen LogP contribution in [0.4, 0.5) is 0 Å². The second-order valence-electron chi connectivity index (χ2n) is 5.16. The lowest BCUT2D eigenvalue weighted by molar-refractivity contribution is -0.142. The number of hydrogen-bond acceptors (Lipinski definition) is 8. The Hall–Kier alpha value is -0.596. The Kier molecular flexibility index (Phi) is 19.9. The molecule has 0 N–H and O–H groups in total. The van der Waals surface area contributed by atoms with E-state index in [1.807, 2.05) is 34.6 Å². The summed E-state index contributed by atoms with van der Waals surface area (Å²) in [7, 11) is -1.04. The molecule has 0 aliphatic carbocycles. The number of ether oxygens (including phenoxy) is 1. The van der Waals surface area contributed by atoms with Crippen LogP contribution in [0.3, 0.4) is 0 Å². The van der Waals surface area contributed by atoms with Crippen molar-refractivity contribution in [3.8, 4) is 0 Å². The molecule has 0 saturated heterocycles. The minimum absolute atomic E-state index is 0.110. The fourth-order valence-corrected chi connectivity index (χ4v) is 5.28. The van der Waals surface area contributed by atoms with Crippen LogP contribution in [0.15, 0.2) is 12.7 Å². The molecule has 0 fully saturated rings. The van der Waals surface area contributed by atoms with Crippen LogP contribution >= 0.6 is 0 Å². The molecular weight excluding hydrogens is 388 g/mol. The van der Waals surface area contributed by atoms with E-state index in [9.17, 15) is 4.79 Å². The molecule has 1 unspecified atom stereocenters. The quantitative estimate of drug-likeness (QED) is 0.224. The number of rotatable bonds is 15. The van der Waals surface area contributed by atoms with Gasteiger partial charge >= 0.3 is 24.3 Å². The first-order chi connectivity index (χ1) is 12.9. The highest BCUT2D eigenvalue weighted by atomic mass is 28.4. The molecule has 0 amide bonds. The van der Waals surface area contributed by atoms with Gasteiger partial charge in [-0.25, -0.2) is 4.79 Å². The fraction of sp³-hybridized carbons (Fsp3) is 0.824. The maximum absolute atomic E-state index is 10.8. The van der Waals surface area contributed by atoms with Crippen molar-refractivity contribution < 1.29 is 36.1 Å². The smallest absolute Gasteiger partial charge is 0.460 e.